The predicted molar refractivity (Wildman–Crippen MR) is 90.1 cm³/mol. The minimum absolute atomic E-state index is 0.0662. The van der Waals surface area contributed by atoms with Gasteiger partial charge in [0.05, 0.1) is 22.0 Å². The second kappa shape index (κ2) is 7.83. The van der Waals surface area contributed by atoms with Gasteiger partial charge in [0.25, 0.3) is 17.3 Å². The normalized spacial score (nSPS) is 10.0. The second-order valence-corrected chi connectivity index (χ2v) is 5.01. The number of ether oxygens (including phenoxy) is 1. The van der Waals surface area contributed by atoms with Gasteiger partial charge in [0.2, 0.25) is 0 Å². The maximum atomic E-state index is 12.3. The van der Waals surface area contributed by atoms with Gasteiger partial charge in [-0.2, -0.15) is 0 Å². The van der Waals surface area contributed by atoms with E-state index >= 15 is 0 Å². The summed E-state index contributed by atoms with van der Waals surface area (Å²) in [5.41, 5.74) is -0.860. The molecule has 0 radical (unpaired) electrons. The highest BCUT2D eigenvalue weighted by atomic mass is 16.6. The van der Waals surface area contributed by atoms with Gasteiger partial charge in [0.1, 0.15) is 0 Å². The molecule has 0 aliphatic carbocycles. The molecule has 0 saturated heterocycles. The molecule has 0 aliphatic rings. The molecule has 134 valence electrons. The molecule has 0 fully saturated rings. The maximum absolute atomic E-state index is 12.3. The lowest BCUT2D eigenvalue weighted by Gasteiger charge is -2.07. The monoisotopic (exact) mass is 359 g/mol. The van der Waals surface area contributed by atoms with Crippen LogP contribution in [0.4, 0.5) is 17.1 Å². The number of nitrogens with zero attached hydrogens (tertiary/aromatic N) is 2. The summed E-state index contributed by atoms with van der Waals surface area (Å²) < 4.78 is 4.79. The van der Waals surface area contributed by atoms with Gasteiger partial charge in [-0.15, -0.1) is 0 Å². The van der Waals surface area contributed by atoms with Crippen LogP contribution in [0, 0.1) is 20.2 Å². The number of carbonyl (C=O) groups excluding carboxylic acids is 2. The summed E-state index contributed by atoms with van der Waals surface area (Å²) in [5, 5.41) is 24.2. The Kier molecular flexibility index (Phi) is 5.58. The zero-order valence-corrected chi connectivity index (χ0v) is 13.5. The molecular formula is C16H13N3O7. The molecule has 26 heavy (non-hydrogen) atoms. The fourth-order valence-corrected chi connectivity index (χ4v) is 2.08. The first-order chi connectivity index (χ1) is 12.3. The number of anilines is 1. The Morgan fingerprint density at radius 1 is 1.00 bits per heavy atom. The highest BCUT2D eigenvalue weighted by molar-refractivity contribution is 6.06. The number of nitro benzene ring substituents is 2. The third-order valence-corrected chi connectivity index (χ3v) is 3.22. The lowest BCUT2D eigenvalue weighted by molar-refractivity contribution is -0.385. The molecule has 10 heteroatoms. The average molecular weight is 359 g/mol. The Balaban J connectivity index is 2.35. The molecule has 0 unspecified atom stereocenters. The van der Waals surface area contributed by atoms with E-state index in [9.17, 15) is 29.8 Å². The quantitative estimate of drug-likeness (QED) is 0.474. The number of nitro groups is 2. The zero-order chi connectivity index (χ0) is 19.3. The van der Waals surface area contributed by atoms with Crippen molar-refractivity contribution in [1.29, 1.82) is 0 Å². The summed E-state index contributed by atoms with van der Waals surface area (Å²) in [5.74, 6) is -1.57. The Hall–Kier alpha value is -3.82. The number of hydrogen-bond acceptors (Lipinski definition) is 7. The SMILES string of the molecule is CCOC(=O)c1cc(C(=O)Nc2cccc([N+](=O)[O-])c2)cc([N+](=O)[O-])c1. The van der Waals surface area contributed by atoms with Crippen LogP contribution in [-0.4, -0.2) is 28.3 Å². The van der Waals surface area contributed by atoms with E-state index < -0.39 is 27.4 Å². The van der Waals surface area contributed by atoms with Crippen LogP contribution in [0.1, 0.15) is 27.6 Å². The van der Waals surface area contributed by atoms with Crippen molar-refractivity contribution < 1.29 is 24.2 Å². The first-order valence-electron chi connectivity index (χ1n) is 7.34. The van der Waals surface area contributed by atoms with Gasteiger partial charge in [-0.3, -0.25) is 25.0 Å². The van der Waals surface area contributed by atoms with Crippen molar-refractivity contribution in [2.24, 2.45) is 0 Å². The first kappa shape index (κ1) is 18.5. The molecule has 10 nitrogen and oxygen atoms in total. The molecule has 2 aromatic carbocycles. The number of hydrogen-bond donors (Lipinski definition) is 1. The van der Waals surface area contributed by atoms with Crippen LogP contribution in [-0.2, 0) is 4.74 Å². The molecule has 2 rings (SSSR count). The molecule has 0 spiro atoms. The van der Waals surface area contributed by atoms with Gasteiger partial charge < -0.3 is 10.1 Å². The van der Waals surface area contributed by atoms with Crippen LogP contribution in [0.5, 0.6) is 0 Å². The molecule has 1 N–H and O–H groups in total. The largest absolute Gasteiger partial charge is 0.462 e. The summed E-state index contributed by atoms with van der Waals surface area (Å²) in [6.07, 6.45) is 0. The summed E-state index contributed by atoms with van der Waals surface area (Å²) >= 11 is 0. The van der Waals surface area contributed by atoms with E-state index in [1.54, 1.807) is 6.92 Å². The van der Waals surface area contributed by atoms with Gasteiger partial charge in [0.15, 0.2) is 0 Å². The number of non-ortho nitro benzene ring substituents is 2. The van der Waals surface area contributed by atoms with Crippen molar-refractivity contribution in [1.82, 2.24) is 0 Å². The lowest BCUT2D eigenvalue weighted by Crippen LogP contribution is -2.14. The molecule has 0 saturated carbocycles. The third kappa shape index (κ3) is 4.38. The lowest BCUT2D eigenvalue weighted by atomic mass is 10.1. The van der Waals surface area contributed by atoms with E-state index in [2.05, 4.69) is 5.32 Å². The van der Waals surface area contributed by atoms with Crippen molar-refractivity contribution >= 4 is 28.9 Å². The third-order valence-electron chi connectivity index (χ3n) is 3.22. The van der Waals surface area contributed by atoms with Gasteiger partial charge >= 0.3 is 5.97 Å². The Labute approximate surface area is 146 Å². The zero-order valence-electron chi connectivity index (χ0n) is 13.5. The second-order valence-electron chi connectivity index (χ2n) is 5.01. The molecule has 0 bridgehead atoms. The van der Waals surface area contributed by atoms with Crippen LogP contribution in [0.2, 0.25) is 0 Å². The molecule has 0 aromatic heterocycles. The number of esters is 1. The fourth-order valence-electron chi connectivity index (χ4n) is 2.08. The highest BCUT2D eigenvalue weighted by Gasteiger charge is 2.19. The fraction of sp³-hybridized carbons (Fsp3) is 0.125. The Morgan fingerprint density at radius 3 is 2.27 bits per heavy atom. The predicted octanol–water partition coefficient (Wildman–Crippen LogP) is 2.93. The summed E-state index contributed by atoms with van der Waals surface area (Å²) in [6.45, 7) is 1.64. The van der Waals surface area contributed by atoms with Gasteiger partial charge in [0, 0.05) is 35.5 Å². The number of rotatable bonds is 6. The van der Waals surface area contributed by atoms with Crippen molar-refractivity contribution in [2.75, 3.05) is 11.9 Å². The number of carbonyl (C=O) groups is 2. The van der Waals surface area contributed by atoms with E-state index in [1.165, 1.54) is 18.2 Å². The van der Waals surface area contributed by atoms with Gasteiger partial charge in [-0.1, -0.05) is 6.07 Å². The van der Waals surface area contributed by atoms with E-state index in [4.69, 9.17) is 4.74 Å². The van der Waals surface area contributed by atoms with Crippen molar-refractivity contribution in [3.8, 4) is 0 Å². The van der Waals surface area contributed by atoms with Crippen LogP contribution >= 0.6 is 0 Å². The van der Waals surface area contributed by atoms with E-state index in [0.717, 1.165) is 24.3 Å². The summed E-state index contributed by atoms with van der Waals surface area (Å²) in [7, 11) is 0. The standard InChI is InChI=1S/C16H13N3O7/c1-2-26-16(21)11-6-10(7-14(8-11)19(24)25)15(20)17-12-4-3-5-13(9-12)18(22)23/h3-9H,2H2,1H3,(H,17,20). The van der Waals surface area contributed by atoms with Crippen LogP contribution in [0.3, 0.4) is 0 Å². The topological polar surface area (TPSA) is 142 Å². The minimum Gasteiger partial charge on any atom is -0.462 e. The highest BCUT2D eigenvalue weighted by Crippen LogP contribution is 2.21. The number of amides is 1. The van der Waals surface area contributed by atoms with Gasteiger partial charge in [-0.05, 0) is 19.1 Å². The van der Waals surface area contributed by atoms with Crippen molar-refractivity contribution in [2.45, 2.75) is 6.92 Å². The van der Waals surface area contributed by atoms with Crippen LogP contribution < -0.4 is 5.32 Å². The smallest absolute Gasteiger partial charge is 0.338 e. The summed E-state index contributed by atoms with van der Waals surface area (Å²) in [6, 6.07) is 8.35. The molecule has 0 aliphatic heterocycles. The van der Waals surface area contributed by atoms with E-state index in [0.29, 0.717) is 0 Å². The first-order valence-corrected chi connectivity index (χ1v) is 7.34. The van der Waals surface area contributed by atoms with Crippen LogP contribution in [0.25, 0.3) is 0 Å². The van der Waals surface area contributed by atoms with E-state index in [1.807, 2.05) is 0 Å². The van der Waals surface area contributed by atoms with Gasteiger partial charge in [-0.25, -0.2) is 4.79 Å². The Morgan fingerprint density at radius 2 is 1.65 bits per heavy atom. The number of benzene rings is 2. The molecule has 1 amide bonds. The molecule has 2 aromatic rings. The minimum atomic E-state index is -0.805. The Bertz CT molecular complexity index is 895. The van der Waals surface area contributed by atoms with Crippen molar-refractivity contribution in [3.05, 3.63) is 73.8 Å². The summed E-state index contributed by atoms with van der Waals surface area (Å²) in [4.78, 5) is 44.6. The molecule has 0 heterocycles. The van der Waals surface area contributed by atoms with Crippen LogP contribution in [0.15, 0.2) is 42.5 Å². The molecular weight excluding hydrogens is 346 g/mol. The van der Waals surface area contributed by atoms with Crippen molar-refractivity contribution in [3.63, 3.8) is 0 Å². The number of nitrogens with one attached hydrogen (secondary N) is 1. The maximum Gasteiger partial charge on any atom is 0.338 e. The molecule has 0 atom stereocenters. The average Bonchev–Trinajstić information content (AvgIpc) is 2.61. The van der Waals surface area contributed by atoms with E-state index in [-0.39, 0.29) is 29.1 Å².